The second-order valence-electron chi connectivity index (χ2n) is 3.28. The van der Waals surface area contributed by atoms with Crippen LogP contribution in [0.2, 0.25) is 5.02 Å². The van der Waals surface area contributed by atoms with Crippen LogP contribution in [-0.2, 0) is 0 Å². The fourth-order valence-electron chi connectivity index (χ4n) is 1.17. The number of nitrogens with two attached hydrogens (primary N) is 1. The van der Waals surface area contributed by atoms with Crippen molar-refractivity contribution < 1.29 is 4.74 Å². The number of hydrogen-bond acceptors (Lipinski definition) is 4. The Labute approximate surface area is 122 Å². The monoisotopic (exact) mass is 343 g/mol. The van der Waals surface area contributed by atoms with Gasteiger partial charge in [-0.3, -0.25) is 0 Å². The summed E-state index contributed by atoms with van der Waals surface area (Å²) in [5, 5.41) is 0.476. The Morgan fingerprint density at radius 2 is 2.11 bits per heavy atom. The zero-order valence-electron chi connectivity index (χ0n) is 8.93. The summed E-state index contributed by atoms with van der Waals surface area (Å²) in [5.41, 5.74) is 5.86. The van der Waals surface area contributed by atoms with E-state index in [2.05, 4.69) is 25.9 Å². The first-order valence-corrected chi connectivity index (χ1v) is 6.39. The van der Waals surface area contributed by atoms with E-state index in [9.17, 15) is 0 Å². The van der Waals surface area contributed by atoms with Crippen molar-refractivity contribution in [2.75, 3.05) is 0 Å². The first-order chi connectivity index (χ1) is 8.56. The Morgan fingerprint density at radius 1 is 1.33 bits per heavy atom. The van der Waals surface area contributed by atoms with Gasteiger partial charge in [-0.05, 0) is 18.2 Å². The number of aromatic nitrogens is 2. The lowest BCUT2D eigenvalue weighted by Gasteiger charge is -2.06. The average Bonchev–Trinajstić information content (AvgIpc) is 2.33. The van der Waals surface area contributed by atoms with E-state index in [4.69, 9.17) is 34.3 Å². The summed E-state index contributed by atoms with van der Waals surface area (Å²) in [5.74, 6) is 0.816. The molecule has 0 fully saturated rings. The molecule has 4 nitrogen and oxygen atoms in total. The smallest absolute Gasteiger partial charge is 0.237 e. The fourth-order valence-corrected chi connectivity index (χ4v) is 1.98. The van der Waals surface area contributed by atoms with Gasteiger partial charge in [0, 0.05) is 4.47 Å². The topological polar surface area (TPSA) is 61.0 Å². The molecule has 92 valence electrons. The van der Waals surface area contributed by atoms with Crippen molar-refractivity contribution in [2.24, 2.45) is 5.73 Å². The summed E-state index contributed by atoms with van der Waals surface area (Å²) < 4.78 is 6.36. The van der Waals surface area contributed by atoms with Gasteiger partial charge < -0.3 is 10.5 Å². The van der Waals surface area contributed by atoms with Crippen LogP contribution in [-0.4, -0.2) is 15.0 Å². The second-order valence-corrected chi connectivity index (χ2v) is 5.04. The molecular formula is C11H7BrClN3OS. The van der Waals surface area contributed by atoms with E-state index in [0.717, 1.165) is 4.47 Å². The minimum absolute atomic E-state index is 0.190. The Balaban J connectivity index is 2.21. The highest BCUT2D eigenvalue weighted by atomic mass is 79.9. The normalized spacial score (nSPS) is 10.1. The summed E-state index contributed by atoms with van der Waals surface area (Å²) >= 11 is 14.1. The van der Waals surface area contributed by atoms with Crippen LogP contribution in [0.25, 0.3) is 0 Å². The molecule has 1 aromatic heterocycles. The maximum Gasteiger partial charge on any atom is 0.237 e. The summed E-state index contributed by atoms with van der Waals surface area (Å²) in [4.78, 5) is 8.24. The van der Waals surface area contributed by atoms with E-state index in [1.165, 1.54) is 12.4 Å². The molecule has 0 amide bonds. The highest BCUT2D eigenvalue weighted by Crippen LogP contribution is 2.30. The van der Waals surface area contributed by atoms with Gasteiger partial charge in [0.05, 0.1) is 17.4 Å². The quantitative estimate of drug-likeness (QED) is 0.866. The number of nitrogens with zero attached hydrogens (tertiary/aromatic N) is 2. The fraction of sp³-hybridized carbons (Fsp3) is 0. The van der Waals surface area contributed by atoms with Crippen LogP contribution in [0.5, 0.6) is 11.6 Å². The van der Waals surface area contributed by atoms with Gasteiger partial charge in [0.15, 0.2) is 0 Å². The van der Waals surface area contributed by atoms with Gasteiger partial charge in [-0.25, -0.2) is 9.97 Å². The summed E-state index contributed by atoms with van der Waals surface area (Å²) in [6, 6.07) is 5.28. The molecule has 2 aromatic rings. The molecule has 0 unspecified atom stereocenters. The molecule has 2 N–H and O–H groups in total. The van der Waals surface area contributed by atoms with Crippen molar-refractivity contribution in [3.8, 4) is 11.6 Å². The molecule has 0 aliphatic rings. The van der Waals surface area contributed by atoms with Gasteiger partial charge in [0.2, 0.25) is 5.88 Å². The van der Waals surface area contributed by atoms with Crippen LogP contribution in [0.3, 0.4) is 0 Å². The van der Waals surface area contributed by atoms with Crippen LogP contribution >= 0.6 is 39.7 Å². The zero-order chi connectivity index (χ0) is 13.1. The summed E-state index contributed by atoms with van der Waals surface area (Å²) in [7, 11) is 0. The number of hydrogen-bond donors (Lipinski definition) is 1. The molecule has 0 atom stereocenters. The number of ether oxygens (including phenoxy) is 1. The lowest BCUT2D eigenvalue weighted by Crippen LogP contribution is -2.11. The van der Waals surface area contributed by atoms with E-state index in [-0.39, 0.29) is 4.99 Å². The van der Waals surface area contributed by atoms with Gasteiger partial charge in [-0.2, -0.15) is 0 Å². The SMILES string of the molecule is NC(=S)c1cnc(Oc2ccc(Br)cc2Cl)cn1. The van der Waals surface area contributed by atoms with Crippen LogP contribution in [0.1, 0.15) is 5.69 Å². The van der Waals surface area contributed by atoms with Crippen molar-refractivity contribution in [3.63, 3.8) is 0 Å². The third kappa shape index (κ3) is 3.16. The maximum absolute atomic E-state index is 6.02. The number of thiocarbonyl (C=S) groups is 1. The molecule has 1 aromatic carbocycles. The van der Waals surface area contributed by atoms with Gasteiger partial charge in [0.1, 0.15) is 16.4 Å². The van der Waals surface area contributed by atoms with Crippen LogP contribution in [0, 0.1) is 0 Å². The number of rotatable bonds is 3. The van der Waals surface area contributed by atoms with Gasteiger partial charge in [-0.15, -0.1) is 0 Å². The Morgan fingerprint density at radius 3 is 2.67 bits per heavy atom. The molecule has 0 aliphatic heterocycles. The lowest BCUT2D eigenvalue weighted by molar-refractivity contribution is 0.460. The Hall–Kier alpha value is -1.24. The molecule has 0 bridgehead atoms. The van der Waals surface area contributed by atoms with E-state index in [1.807, 2.05) is 6.07 Å². The first-order valence-electron chi connectivity index (χ1n) is 4.81. The molecule has 0 saturated carbocycles. The molecule has 0 spiro atoms. The van der Waals surface area contributed by atoms with E-state index >= 15 is 0 Å². The van der Waals surface area contributed by atoms with Crippen LogP contribution in [0.4, 0.5) is 0 Å². The van der Waals surface area contributed by atoms with E-state index in [0.29, 0.717) is 22.3 Å². The minimum Gasteiger partial charge on any atom is -0.436 e. The highest BCUT2D eigenvalue weighted by Gasteiger charge is 2.06. The molecule has 18 heavy (non-hydrogen) atoms. The maximum atomic E-state index is 6.02. The summed E-state index contributed by atoms with van der Waals surface area (Å²) in [6.07, 6.45) is 2.89. The molecule has 0 saturated heterocycles. The van der Waals surface area contributed by atoms with Crippen molar-refractivity contribution in [1.82, 2.24) is 9.97 Å². The largest absolute Gasteiger partial charge is 0.436 e. The predicted octanol–water partition coefficient (Wildman–Crippen LogP) is 3.32. The number of halogens is 2. The Kier molecular flexibility index (Phi) is 4.11. The lowest BCUT2D eigenvalue weighted by atomic mass is 10.3. The second kappa shape index (κ2) is 5.60. The standard InChI is InChI=1S/C11H7BrClN3OS/c12-6-1-2-9(7(13)3-6)17-10-5-15-8(4-16-10)11(14)18/h1-5H,(H2,14,18). The van der Waals surface area contributed by atoms with Crippen molar-refractivity contribution >= 4 is 44.7 Å². The van der Waals surface area contributed by atoms with Crippen LogP contribution in [0.15, 0.2) is 35.1 Å². The minimum atomic E-state index is 0.190. The molecule has 1 heterocycles. The molecule has 0 aliphatic carbocycles. The van der Waals surface area contributed by atoms with E-state index in [1.54, 1.807) is 12.1 Å². The van der Waals surface area contributed by atoms with Crippen molar-refractivity contribution in [2.45, 2.75) is 0 Å². The third-order valence-electron chi connectivity index (χ3n) is 1.99. The average molecular weight is 345 g/mol. The molecular weight excluding hydrogens is 338 g/mol. The van der Waals surface area contributed by atoms with E-state index < -0.39 is 0 Å². The third-order valence-corrected chi connectivity index (χ3v) is 2.99. The summed E-state index contributed by atoms with van der Waals surface area (Å²) in [6.45, 7) is 0. The first kappa shape index (κ1) is 13.2. The number of benzene rings is 1. The van der Waals surface area contributed by atoms with Crippen molar-refractivity contribution in [3.05, 3.63) is 45.8 Å². The molecule has 2 rings (SSSR count). The van der Waals surface area contributed by atoms with Crippen LogP contribution < -0.4 is 10.5 Å². The Bertz CT molecular complexity index is 591. The zero-order valence-corrected chi connectivity index (χ0v) is 12.1. The van der Waals surface area contributed by atoms with Gasteiger partial charge in [0.25, 0.3) is 0 Å². The molecule has 0 radical (unpaired) electrons. The predicted molar refractivity (Wildman–Crippen MR) is 77.1 cm³/mol. The highest BCUT2D eigenvalue weighted by molar-refractivity contribution is 9.10. The van der Waals surface area contributed by atoms with Gasteiger partial charge in [-0.1, -0.05) is 39.7 Å². The molecule has 7 heteroatoms. The van der Waals surface area contributed by atoms with Gasteiger partial charge >= 0.3 is 0 Å². The van der Waals surface area contributed by atoms with Crippen molar-refractivity contribution in [1.29, 1.82) is 0 Å².